The van der Waals surface area contributed by atoms with E-state index in [2.05, 4.69) is 9.97 Å². The van der Waals surface area contributed by atoms with Crippen LogP contribution >= 0.6 is 0 Å². The highest BCUT2D eigenvalue weighted by Gasteiger charge is 2.21. The highest BCUT2D eigenvalue weighted by atomic mass is 19.1. The Labute approximate surface area is 118 Å². The van der Waals surface area contributed by atoms with Gasteiger partial charge in [-0.1, -0.05) is 0 Å². The summed E-state index contributed by atoms with van der Waals surface area (Å²) in [5.74, 6) is -1.06. The van der Waals surface area contributed by atoms with E-state index in [4.69, 9.17) is 4.74 Å². The molecule has 0 spiro atoms. The number of carbonyl (C=O) groups excluding carboxylic acids is 1. The lowest BCUT2D eigenvalue weighted by Crippen LogP contribution is -2.09. The largest absolute Gasteiger partial charge is 0.481 e. The Morgan fingerprint density at radius 1 is 1.38 bits per heavy atom. The minimum atomic E-state index is -0.729. The van der Waals surface area contributed by atoms with Gasteiger partial charge in [-0.3, -0.25) is 14.9 Å². The van der Waals surface area contributed by atoms with E-state index in [1.165, 1.54) is 19.5 Å². The summed E-state index contributed by atoms with van der Waals surface area (Å²) in [6.07, 6.45) is 0.991. The molecule has 0 fully saturated rings. The maximum absolute atomic E-state index is 13.2. The second kappa shape index (κ2) is 6.04. The van der Waals surface area contributed by atoms with Crippen LogP contribution < -0.4 is 4.74 Å². The molecule has 0 N–H and O–H groups in total. The molecule has 2 rings (SSSR count). The molecule has 21 heavy (non-hydrogen) atoms. The third-order valence-corrected chi connectivity index (χ3v) is 2.71. The average Bonchev–Trinajstić information content (AvgIpc) is 2.47. The minimum absolute atomic E-state index is 0.219. The van der Waals surface area contributed by atoms with Gasteiger partial charge in [0.2, 0.25) is 5.88 Å². The maximum atomic E-state index is 13.2. The molecule has 7 nitrogen and oxygen atoms in total. The Morgan fingerprint density at radius 2 is 2.14 bits per heavy atom. The van der Waals surface area contributed by atoms with Crippen LogP contribution in [0.1, 0.15) is 16.1 Å². The van der Waals surface area contributed by atoms with Gasteiger partial charge in [0, 0.05) is 12.1 Å². The third-order valence-electron chi connectivity index (χ3n) is 2.71. The monoisotopic (exact) mass is 291 g/mol. The van der Waals surface area contributed by atoms with Crippen molar-refractivity contribution in [1.29, 1.82) is 0 Å². The number of ketones is 1. The summed E-state index contributed by atoms with van der Waals surface area (Å²) < 4.78 is 18.1. The number of hydrogen-bond donors (Lipinski definition) is 0. The lowest BCUT2D eigenvalue weighted by Gasteiger charge is -2.04. The number of nitro benzene ring substituents is 1. The Balaban J connectivity index is 2.31. The fourth-order valence-corrected chi connectivity index (χ4v) is 1.74. The van der Waals surface area contributed by atoms with Crippen molar-refractivity contribution < 1.29 is 18.8 Å². The standard InChI is InChI=1S/C13H10FN3O4/c1-21-13-6-9(15-7-16-13)5-12(18)10-4-8(14)2-3-11(10)17(19)20/h2-4,6-7H,5H2,1H3. The van der Waals surface area contributed by atoms with Crippen molar-refractivity contribution in [3.05, 3.63) is 57.8 Å². The number of nitrogens with zero attached hydrogens (tertiary/aromatic N) is 3. The van der Waals surface area contributed by atoms with Gasteiger partial charge >= 0.3 is 0 Å². The van der Waals surface area contributed by atoms with E-state index in [9.17, 15) is 19.3 Å². The molecule has 0 saturated carbocycles. The second-order valence-corrected chi connectivity index (χ2v) is 4.07. The molecule has 1 aromatic heterocycles. The molecule has 0 aliphatic carbocycles. The zero-order chi connectivity index (χ0) is 15.4. The van der Waals surface area contributed by atoms with E-state index in [1.54, 1.807) is 0 Å². The number of aromatic nitrogens is 2. The minimum Gasteiger partial charge on any atom is -0.481 e. The van der Waals surface area contributed by atoms with Crippen LogP contribution in [0.25, 0.3) is 0 Å². The smallest absolute Gasteiger partial charge is 0.280 e. The molecule has 0 radical (unpaired) electrons. The average molecular weight is 291 g/mol. The van der Waals surface area contributed by atoms with E-state index in [0.717, 1.165) is 18.2 Å². The predicted octanol–water partition coefficient (Wildman–Crippen LogP) is 1.96. The number of nitro groups is 1. The Hall–Kier alpha value is -2.90. The van der Waals surface area contributed by atoms with Crippen molar-refractivity contribution in [3.8, 4) is 5.88 Å². The van der Waals surface area contributed by atoms with Gasteiger partial charge in [0.1, 0.15) is 12.1 Å². The highest BCUT2D eigenvalue weighted by Crippen LogP contribution is 2.21. The number of rotatable bonds is 5. The summed E-state index contributed by atoms with van der Waals surface area (Å²) in [5.41, 5.74) is -0.412. The third kappa shape index (κ3) is 3.35. The number of hydrogen-bond acceptors (Lipinski definition) is 6. The molecule has 8 heteroatoms. The topological polar surface area (TPSA) is 95.2 Å². The van der Waals surface area contributed by atoms with Crippen LogP contribution in [0, 0.1) is 15.9 Å². The molecular formula is C13H10FN3O4. The molecule has 0 unspecified atom stereocenters. The van der Waals surface area contributed by atoms with Crippen LogP contribution in [-0.2, 0) is 6.42 Å². The predicted molar refractivity (Wildman–Crippen MR) is 69.7 cm³/mol. The molecule has 1 heterocycles. The van der Waals surface area contributed by atoms with Gasteiger partial charge in [0.15, 0.2) is 5.78 Å². The lowest BCUT2D eigenvalue weighted by molar-refractivity contribution is -0.385. The SMILES string of the molecule is COc1cc(CC(=O)c2cc(F)ccc2[N+](=O)[O-])ncn1. The molecule has 0 bridgehead atoms. The first-order valence-electron chi connectivity index (χ1n) is 5.83. The van der Waals surface area contributed by atoms with Gasteiger partial charge in [-0.15, -0.1) is 0 Å². The van der Waals surface area contributed by atoms with Crippen LogP contribution in [0.3, 0.4) is 0 Å². The summed E-state index contributed by atoms with van der Waals surface area (Å²) in [4.78, 5) is 29.9. The van der Waals surface area contributed by atoms with Crippen molar-refractivity contribution in [1.82, 2.24) is 9.97 Å². The van der Waals surface area contributed by atoms with Gasteiger partial charge in [-0.2, -0.15) is 0 Å². The van der Waals surface area contributed by atoms with E-state index in [-0.39, 0.29) is 17.9 Å². The van der Waals surface area contributed by atoms with Crippen molar-refractivity contribution in [2.24, 2.45) is 0 Å². The van der Waals surface area contributed by atoms with E-state index in [1.807, 2.05) is 0 Å². The number of carbonyl (C=O) groups is 1. The van der Waals surface area contributed by atoms with E-state index in [0.29, 0.717) is 5.69 Å². The fraction of sp³-hybridized carbons (Fsp3) is 0.154. The molecular weight excluding hydrogens is 281 g/mol. The summed E-state index contributed by atoms with van der Waals surface area (Å²) in [6.45, 7) is 0. The first-order valence-corrected chi connectivity index (χ1v) is 5.83. The molecule has 0 saturated heterocycles. The number of methoxy groups -OCH3 is 1. The summed E-state index contributed by atoms with van der Waals surface area (Å²) in [5, 5.41) is 10.9. The summed E-state index contributed by atoms with van der Waals surface area (Å²) >= 11 is 0. The Kier molecular flexibility index (Phi) is 4.17. The number of Topliss-reactive ketones (excluding diaryl/α,β-unsaturated/α-hetero) is 1. The number of halogens is 1. The van der Waals surface area contributed by atoms with Gasteiger partial charge in [-0.05, 0) is 12.1 Å². The first-order chi connectivity index (χ1) is 10.0. The zero-order valence-corrected chi connectivity index (χ0v) is 10.9. The van der Waals surface area contributed by atoms with Crippen molar-refractivity contribution in [2.45, 2.75) is 6.42 Å². The Bertz CT molecular complexity index is 706. The van der Waals surface area contributed by atoms with E-state index >= 15 is 0 Å². The molecule has 0 amide bonds. The van der Waals surface area contributed by atoms with Crippen LogP contribution in [-0.4, -0.2) is 27.8 Å². The zero-order valence-electron chi connectivity index (χ0n) is 10.9. The molecule has 0 aliphatic rings. The quantitative estimate of drug-likeness (QED) is 0.474. The molecule has 1 aromatic carbocycles. The van der Waals surface area contributed by atoms with Crippen LogP contribution in [0.15, 0.2) is 30.6 Å². The van der Waals surface area contributed by atoms with E-state index < -0.39 is 22.2 Å². The van der Waals surface area contributed by atoms with Crippen molar-refractivity contribution >= 4 is 11.5 Å². The van der Waals surface area contributed by atoms with Gasteiger partial charge in [-0.25, -0.2) is 14.4 Å². The van der Waals surface area contributed by atoms with Crippen LogP contribution in [0.4, 0.5) is 10.1 Å². The van der Waals surface area contributed by atoms with Crippen LogP contribution in [0.5, 0.6) is 5.88 Å². The first kappa shape index (κ1) is 14.5. The fourth-order valence-electron chi connectivity index (χ4n) is 1.74. The van der Waals surface area contributed by atoms with Crippen LogP contribution in [0.2, 0.25) is 0 Å². The van der Waals surface area contributed by atoms with Gasteiger partial charge in [0.25, 0.3) is 5.69 Å². The summed E-state index contributed by atoms with van der Waals surface area (Å²) in [7, 11) is 1.41. The van der Waals surface area contributed by atoms with Crippen molar-refractivity contribution in [3.63, 3.8) is 0 Å². The molecule has 0 aliphatic heterocycles. The second-order valence-electron chi connectivity index (χ2n) is 4.07. The summed E-state index contributed by atoms with van der Waals surface area (Å²) in [6, 6.07) is 4.17. The van der Waals surface area contributed by atoms with Gasteiger partial charge < -0.3 is 4.74 Å². The van der Waals surface area contributed by atoms with Gasteiger partial charge in [0.05, 0.1) is 29.7 Å². The molecule has 108 valence electrons. The van der Waals surface area contributed by atoms with Crippen molar-refractivity contribution in [2.75, 3.05) is 7.11 Å². The molecule has 0 atom stereocenters. The normalized spacial score (nSPS) is 10.2. The lowest BCUT2D eigenvalue weighted by atomic mass is 10.0. The Morgan fingerprint density at radius 3 is 2.81 bits per heavy atom. The number of ether oxygens (including phenoxy) is 1. The molecule has 2 aromatic rings. The maximum Gasteiger partial charge on any atom is 0.280 e. The highest BCUT2D eigenvalue weighted by molar-refractivity contribution is 6.00. The number of benzene rings is 1.